The Morgan fingerprint density at radius 2 is 1.62 bits per heavy atom. The zero-order chi connectivity index (χ0) is 28.7. The van der Waals surface area contributed by atoms with Crippen molar-refractivity contribution in [1.29, 1.82) is 0 Å². The van der Waals surface area contributed by atoms with Gasteiger partial charge in [0.1, 0.15) is 18.3 Å². The highest BCUT2D eigenvalue weighted by Crippen LogP contribution is 2.35. The molecule has 8 nitrogen and oxygen atoms in total. The van der Waals surface area contributed by atoms with E-state index in [-0.39, 0.29) is 39.8 Å². The van der Waals surface area contributed by atoms with Crippen LogP contribution in [-0.2, 0) is 26.2 Å². The van der Waals surface area contributed by atoms with Gasteiger partial charge in [-0.2, -0.15) is 0 Å². The van der Waals surface area contributed by atoms with Gasteiger partial charge in [-0.15, -0.1) is 0 Å². The van der Waals surface area contributed by atoms with Gasteiger partial charge in [-0.25, -0.2) is 8.42 Å². The number of carbonyl (C=O) groups excluding carboxylic acids is 2. The number of anilines is 1. The zero-order valence-electron chi connectivity index (χ0n) is 22.7. The fraction of sp³-hybridized carbons (Fsp3) is 0.310. The first-order chi connectivity index (χ1) is 18.4. The highest BCUT2D eigenvalue weighted by atomic mass is 35.5. The second-order valence-electron chi connectivity index (χ2n) is 9.49. The third-order valence-electron chi connectivity index (χ3n) is 6.09. The lowest BCUT2D eigenvalue weighted by Gasteiger charge is -2.32. The molecule has 0 heterocycles. The molecule has 0 aliphatic carbocycles. The monoisotopic (exact) mass is 571 g/mol. The van der Waals surface area contributed by atoms with E-state index in [2.05, 4.69) is 5.32 Å². The van der Waals surface area contributed by atoms with E-state index in [0.717, 1.165) is 15.4 Å². The first-order valence-electron chi connectivity index (χ1n) is 12.5. The summed E-state index contributed by atoms with van der Waals surface area (Å²) in [5.74, 6) is -0.686. The maximum absolute atomic E-state index is 14.0. The van der Waals surface area contributed by atoms with Crippen molar-refractivity contribution < 1.29 is 22.7 Å². The lowest BCUT2D eigenvalue weighted by atomic mass is 10.1. The Balaban J connectivity index is 2.08. The SMILES string of the molecule is COc1ccc(Cl)cc1N(CC(=O)N(Cc1ccc(C)cc1)C(C)C(=O)NC(C)C)S(=O)(=O)c1ccccc1. The van der Waals surface area contributed by atoms with Crippen molar-refractivity contribution in [3.63, 3.8) is 0 Å². The van der Waals surface area contributed by atoms with Crippen LogP contribution in [0.4, 0.5) is 5.69 Å². The van der Waals surface area contributed by atoms with Crippen LogP contribution in [0, 0.1) is 6.92 Å². The lowest BCUT2D eigenvalue weighted by molar-refractivity contribution is -0.139. The molecule has 3 aromatic carbocycles. The van der Waals surface area contributed by atoms with Gasteiger partial charge in [0, 0.05) is 17.6 Å². The topological polar surface area (TPSA) is 96.0 Å². The third-order valence-corrected chi connectivity index (χ3v) is 8.10. The molecule has 0 saturated carbocycles. The molecule has 3 rings (SSSR count). The standard InChI is InChI=1S/C29H34ClN3O5S/c1-20(2)31-29(35)22(4)32(18-23-13-11-21(3)12-14-23)28(34)19-33(26-17-24(30)15-16-27(26)38-5)39(36,37)25-9-7-6-8-10-25/h6-17,20,22H,18-19H2,1-5H3,(H,31,35). The van der Waals surface area contributed by atoms with E-state index in [9.17, 15) is 18.0 Å². The Labute approximate surface area is 235 Å². The molecule has 1 atom stereocenters. The van der Waals surface area contributed by atoms with Crippen molar-refractivity contribution in [3.05, 3.63) is 88.9 Å². The number of amides is 2. The number of hydrogen-bond donors (Lipinski definition) is 1. The fourth-order valence-corrected chi connectivity index (χ4v) is 5.57. The van der Waals surface area contributed by atoms with Crippen LogP contribution in [0.2, 0.25) is 5.02 Å². The number of rotatable bonds is 11. The van der Waals surface area contributed by atoms with Gasteiger partial charge in [-0.05, 0) is 63.6 Å². The molecular weight excluding hydrogens is 538 g/mol. The minimum Gasteiger partial charge on any atom is -0.495 e. The third kappa shape index (κ3) is 7.52. The fourth-order valence-electron chi connectivity index (χ4n) is 3.97. The average molecular weight is 572 g/mol. The van der Waals surface area contributed by atoms with Gasteiger partial charge in [-0.3, -0.25) is 13.9 Å². The number of ether oxygens (including phenoxy) is 1. The van der Waals surface area contributed by atoms with Gasteiger partial charge >= 0.3 is 0 Å². The molecule has 0 aliphatic rings. The maximum atomic E-state index is 14.0. The summed E-state index contributed by atoms with van der Waals surface area (Å²) in [5.41, 5.74) is 1.96. The number of carbonyl (C=O) groups is 2. The van der Waals surface area contributed by atoms with Crippen molar-refractivity contribution in [2.24, 2.45) is 0 Å². The Bertz CT molecular complexity index is 1400. The number of halogens is 1. The van der Waals surface area contributed by atoms with Crippen LogP contribution in [-0.4, -0.2) is 50.9 Å². The molecule has 3 aromatic rings. The highest BCUT2D eigenvalue weighted by molar-refractivity contribution is 7.92. The predicted molar refractivity (Wildman–Crippen MR) is 153 cm³/mol. The smallest absolute Gasteiger partial charge is 0.264 e. The van der Waals surface area contributed by atoms with E-state index < -0.39 is 28.5 Å². The lowest BCUT2D eigenvalue weighted by Crippen LogP contribution is -2.52. The zero-order valence-corrected chi connectivity index (χ0v) is 24.3. The highest BCUT2D eigenvalue weighted by Gasteiger charge is 2.34. The normalized spacial score (nSPS) is 12.1. The molecule has 0 spiro atoms. The summed E-state index contributed by atoms with van der Waals surface area (Å²) in [6, 6.07) is 18.9. The molecule has 0 radical (unpaired) electrons. The molecule has 2 amide bonds. The number of nitrogens with one attached hydrogen (secondary N) is 1. The molecule has 39 heavy (non-hydrogen) atoms. The van der Waals surface area contributed by atoms with Crippen LogP contribution < -0.4 is 14.4 Å². The van der Waals surface area contributed by atoms with E-state index in [1.165, 1.54) is 30.2 Å². The number of nitrogens with zero attached hydrogens (tertiary/aromatic N) is 2. The molecule has 1 N–H and O–H groups in total. The van der Waals surface area contributed by atoms with Crippen LogP contribution >= 0.6 is 11.6 Å². The van der Waals surface area contributed by atoms with Crippen LogP contribution in [0.15, 0.2) is 77.7 Å². The summed E-state index contributed by atoms with van der Waals surface area (Å²) in [6.45, 7) is 6.76. The quantitative estimate of drug-likeness (QED) is 0.357. The van der Waals surface area contributed by atoms with Crippen molar-refractivity contribution >= 4 is 39.1 Å². The summed E-state index contributed by atoms with van der Waals surface area (Å²) in [7, 11) is -2.82. The number of aryl methyl sites for hydroxylation is 1. The van der Waals surface area contributed by atoms with Crippen LogP contribution in [0.3, 0.4) is 0 Å². The number of hydrogen-bond acceptors (Lipinski definition) is 5. The number of benzene rings is 3. The Morgan fingerprint density at radius 3 is 2.21 bits per heavy atom. The van der Waals surface area contributed by atoms with E-state index in [1.807, 2.05) is 45.0 Å². The van der Waals surface area contributed by atoms with Crippen molar-refractivity contribution in [2.45, 2.75) is 51.2 Å². The van der Waals surface area contributed by atoms with E-state index >= 15 is 0 Å². The molecule has 0 fully saturated rings. The van der Waals surface area contributed by atoms with Crippen LogP contribution in [0.1, 0.15) is 31.9 Å². The van der Waals surface area contributed by atoms with Gasteiger partial charge < -0.3 is 15.0 Å². The van der Waals surface area contributed by atoms with Crippen molar-refractivity contribution in [3.8, 4) is 5.75 Å². The minimum absolute atomic E-state index is 0.00416. The minimum atomic E-state index is -4.23. The van der Waals surface area contributed by atoms with Crippen LogP contribution in [0.25, 0.3) is 0 Å². The molecule has 0 aromatic heterocycles. The maximum Gasteiger partial charge on any atom is 0.264 e. The summed E-state index contributed by atoms with van der Waals surface area (Å²) >= 11 is 6.25. The summed E-state index contributed by atoms with van der Waals surface area (Å²) < 4.78 is 34.2. The first-order valence-corrected chi connectivity index (χ1v) is 14.3. The molecule has 0 bridgehead atoms. The second kappa shape index (κ2) is 13.0. The van der Waals surface area contributed by atoms with Gasteiger partial charge in [0.2, 0.25) is 11.8 Å². The Kier molecular flexibility index (Phi) is 9.99. The van der Waals surface area contributed by atoms with Crippen molar-refractivity contribution in [1.82, 2.24) is 10.2 Å². The number of sulfonamides is 1. The Morgan fingerprint density at radius 1 is 0.974 bits per heavy atom. The molecule has 208 valence electrons. The summed E-state index contributed by atoms with van der Waals surface area (Å²) in [6.07, 6.45) is 0. The molecular formula is C29H34ClN3O5S. The average Bonchev–Trinajstić information content (AvgIpc) is 2.90. The van der Waals surface area contributed by atoms with Gasteiger partial charge in [0.15, 0.2) is 0 Å². The largest absolute Gasteiger partial charge is 0.495 e. The van der Waals surface area contributed by atoms with Gasteiger partial charge in [0.05, 0.1) is 17.7 Å². The summed E-state index contributed by atoms with van der Waals surface area (Å²) in [4.78, 5) is 28.3. The second-order valence-corrected chi connectivity index (χ2v) is 11.8. The van der Waals surface area contributed by atoms with Gasteiger partial charge in [0.25, 0.3) is 10.0 Å². The molecule has 0 saturated heterocycles. The van der Waals surface area contributed by atoms with E-state index in [4.69, 9.17) is 16.3 Å². The van der Waals surface area contributed by atoms with E-state index in [0.29, 0.717) is 0 Å². The van der Waals surface area contributed by atoms with Gasteiger partial charge in [-0.1, -0.05) is 59.6 Å². The van der Waals surface area contributed by atoms with Crippen LogP contribution in [0.5, 0.6) is 5.75 Å². The van der Waals surface area contributed by atoms with Crippen molar-refractivity contribution in [2.75, 3.05) is 18.0 Å². The molecule has 10 heteroatoms. The molecule has 1 unspecified atom stereocenters. The Hall–Kier alpha value is -3.56. The molecule has 0 aliphatic heterocycles. The van der Waals surface area contributed by atoms with E-state index in [1.54, 1.807) is 37.3 Å². The first kappa shape index (κ1) is 30.0. The summed E-state index contributed by atoms with van der Waals surface area (Å²) in [5, 5.41) is 3.11. The number of methoxy groups -OCH3 is 1. The predicted octanol–water partition coefficient (Wildman–Crippen LogP) is 4.79.